The van der Waals surface area contributed by atoms with Crippen molar-refractivity contribution >= 4 is 17.2 Å². The number of fused-ring (bicyclic) bond motifs is 1. The molecule has 4 aromatic rings. The smallest absolute Gasteiger partial charge is 0.341 e. The molecule has 3 aromatic heterocycles. The lowest BCUT2D eigenvalue weighted by molar-refractivity contribution is -0.121. The van der Waals surface area contributed by atoms with E-state index in [1.807, 2.05) is 29.6 Å². The number of aromatic nitrogens is 7. The van der Waals surface area contributed by atoms with Crippen molar-refractivity contribution in [3.8, 4) is 17.4 Å². The molecular weight excluding hydrogens is 460 g/mol. The third-order valence-corrected chi connectivity index (χ3v) is 6.67. The SMILES string of the molecule is O=C(Cc1cccs1)NC1COC2C1OCC2n1nnnc1Oc1ccc(-n2cncn2)cc1. The number of hydrogen-bond donors (Lipinski definition) is 1. The summed E-state index contributed by atoms with van der Waals surface area (Å²) in [6.45, 7) is 0.712. The molecule has 2 aliphatic heterocycles. The van der Waals surface area contributed by atoms with Gasteiger partial charge in [0, 0.05) is 4.88 Å². The maximum Gasteiger partial charge on any atom is 0.341 e. The number of thiophene rings is 1. The maximum absolute atomic E-state index is 12.4. The molecular formula is C21H20N8O4S. The fraction of sp³-hybridized carbons (Fsp3) is 0.333. The first kappa shape index (κ1) is 20.9. The summed E-state index contributed by atoms with van der Waals surface area (Å²) in [5.74, 6) is 0.519. The van der Waals surface area contributed by atoms with Crippen LogP contribution in [0.4, 0.5) is 0 Å². The molecule has 12 nitrogen and oxygen atoms in total. The predicted octanol–water partition coefficient (Wildman–Crippen LogP) is 1.17. The van der Waals surface area contributed by atoms with E-state index in [1.165, 1.54) is 6.33 Å². The lowest BCUT2D eigenvalue weighted by Crippen LogP contribution is -2.44. The normalized spacial score (nSPS) is 23.6. The van der Waals surface area contributed by atoms with Gasteiger partial charge in [0.1, 0.15) is 36.7 Å². The summed E-state index contributed by atoms with van der Waals surface area (Å²) in [6, 6.07) is 10.9. The third-order valence-electron chi connectivity index (χ3n) is 5.79. The van der Waals surface area contributed by atoms with Gasteiger partial charge in [-0.1, -0.05) is 11.2 Å². The molecule has 4 atom stereocenters. The van der Waals surface area contributed by atoms with Crippen LogP contribution in [0.25, 0.3) is 5.69 Å². The van der Waals surface area contributed by atoms with Gasteiger partial charge in [-0.25, -0.2) is 9.67 Å². The van der Waals surface area contributed by atoms with Crippen molar-refractivity contribution in [1.29, 1.82) is 0 Å². The number of rotatable bonds is 7. The van der Waals surface area contributed by atoms with Crippen molar-refractivity contribution in [3.63, 3.8) is 0 Å². The Morgan fingerprint density at radius 2 is 2.06 bits per heavy atom. The van der Waals surface area contributed by atoms with Crippen LogP contribution in [0.2, 0.25) is 0 Å². The molecule has 0 radical (unpaired) electrons. The number of tetrazole rings is 1. The predicted molar refractivity (Wildman–Crippen MR) is 118 cm³/mol. The molecule has 174 valence electrons. The first-order valence-electron chi connectivity index (χ1n) is 10.7. The highest BCUT2D eigenvalue weighted by Gasteiger charge is 2.50. The second-order valence-electron chi connectivity index (χ2n) is 7.94. The average Bonchev–Trinajstić information content (AvgIpc) is 3.65. The molecule has 0 aliphatic carbocycles. The summed E-state index contributed by atoms with van der Waals surface area (Å²) in [7, 11) is 0. The first-order valence-corrected chi connectivity index (χ1v) is 11.6. The number of carbonyl (C=O) groups excluding carboxylic acids is 1. The van der Waals surface area contributed by atoms with Crippen LogP contribution < -0.4 is 10.1 Å². The van der Waals surface area contributed by atoms with Gasteiger partial charge < -0.3 is 19.5 Å². The molecule has 13 heteroatoms. The molecule has 4 unspecified atom stereocenters. The highest BCUT2D eigenvalue weighted by Crippen LogP contribution is 2.36. The summed E-state index contributed by atoms with van der Waals surface area (Å²) in [5.41, 5.74) is 0.850. The molecule has 2 fully saturated rings. The highest BCUT2D eigenvalue weighted by atomic mass is 32.1. The Kier molecular flexibility index (Phi) is 5.49. The van der Waals surface area contributed by atoms with Crippen LogP contribution in [0, 0.1) is 0 Å². The van der Waals surface area contributed by atoms with Crippen molar-refractivity contribution in [2.24, 2.45) is 0 Å². The standard InChI is InChI=1S/C21H20N8O4S/c30-18(8-15-2-1-7-34-15)24-16-9-31-20-17(10-32-19(16)20)29-21(25-26-27-29)33-14-5-3-13(4-6-14)28-12-22-11-23-28/h1-7,11-12,16-17,19-20H,8-10H2,(H,24,30). The molecule has 1 aromatic carbocycles. The monoisotopic (exact) mass is 480 g/mol. The Balaban J connectivity index is 1.11. The molecule has 0 saturated carbocycles. The Morgan fingerprint density at radius 1 is 1.18 bits per heavy atom. The van der Waals surface area contributed by atoms with Gasteiger partial charge in [0.2, 0.25) is 5.91 Å². The van der Waals surface area contributed by atoms with Gasteiger partial charge in [0.25, 0.3) is 0 Å². The van der Waals surface area contributed by atoms with Crippen molar-refractivity contribution in [2.45, 2.75) is 30.7 Å². The number of hydrogen-bond acceptors (Lipinski definition) is 10. The molecule has 2 aliphatic rings. The van der Waals surface area contributed by atoms with Crippen LogP contribution in [0.3, 0.4) is 0 Å². The summed E-state index contributed by atoms with van der Waals surface area (Å²) in [5, 5.41) is 21.0. The topological polar surface area (TPSA) is 131 Å². The first-order chi connectivity index (χ1) is 16.7. The number of ether oxygens (including phenoxy) is 3. The molecule has 6 rings (SSSR count). The van der Waals surface area contributed by atoms with Crippen LogP contribution in [0.5, 0.6) is 11.8 Å². The molecule has 2 saturated heterocycles. The van der Waals surface area contributed by atoms with E-state index in [0.29, 0.717) is 25.4 Å². The molecule has 1 N–H and O–H groups in total. The van der Waals surface area contributed by atoms with Crippen molar-refractivity contribution < 1.29 is 19.0 Å². The van der Waals surface area contributed by atoms with E-state index in [0.717, 1.165) is 10.6 Å². The highest BCUT2D eigenvalue weighted by molar-refractivity contribution is 7.10. The fourth-order valence-corrected chi connectivity index (χ4v) is 4.92. The van der Waals surface area contributed by atoms with Crippen LogP contribution in [0.15, 0.2) is 54.4 Å². The van der Waals surface area contributed by atoms with Gasteiger partial charge >= 0.3 is 6.01 Å². The molecule has 5 heterocycles. The summed E-state index contributed by atoms with van der Waals surface area (Å²) in [4.78, 5) is 17.4. The van der Waals surface area contributed by atoms with Crippen molar-refractivity contribution in [3.05, 3.63) is 59.3 Å². The second kappa shape index (κ2) is 8.93. The number of nitrogens with zero attached hydrogens (tertiary/aromatic N) is 7. The summed E-state index contributed by atoms with van der Waals surface area (Å²) >= 11 is 1.56. The van der Waals surface area contributed by atoms with Gasteiger partial charge in [-0.15, -0.1) is 11.3 Å². The second-order valence-corrected chi connectivity index (χ2v) is 8.97. The van der Waals surface area contributed by atoms with Gasteiger partial charge in [-0.05, 0) is 46.1 Å². The zero-order valence-electron chi connectivity index (χ0n) is 17.8. The van der Waals surface area contributed by atoms with E-state index < -0.39 is 0 Å². The van der Waals surface area contributed by atoms with Crippen molar-refractivity contribution in [1.82, 2.24) is 40.3 Å². The van der Waals surface area contributed by atoms with Crippen LogP contribution in [-0.2, 0) is 20.7 Å². The quantitative estimate of drug-likeness (QED) is 0.414. The van der Waals surface area contributed by atoms with Gasteiger partial charge in [0.05, 0.1) is 31.4 Å². The Labute approximate surface area is 197 Å². The van der Waals surface area contributed by atoms with Gasteiger partial charge in [-0.3, -0.25) is 4.79 Å². The maximum atomic E-state index is 12.4. The molecule has 34 heavy (non-hydrogen) atoms. The van der Waals surface area contributed by atoms with Gasteiger partial charge in [0.15, 0.2) is 0 Å². The van der Waals surface area contributed by atoms with Crippen molar-refractivity contribution in [2.75, 3.05) is 13.2 Å². The van der Waals surface area contributed by atoms with Crippen LogP contribution in [-0.4, -0.2) is 72.3 Å². The van der Waals surface area contributed by atoms with Crippen LogP contribution >= 0.6 is 11.3 Å². The summed E-state index contributed by atoms with van der Waals surface area (Å²) in [6.07, 6.45) is 2.85. The number of benzene rings is 1. The summed E-state index contributed by atoms with van der Waals surface area (Å²) < 4.78 is 21.2. The number of nitrogens with one attached hydrogen (secondary N) is 1. The minimum Gasteiger partial charge on any atom is -0.423 e. The average molecular weight is 481 g/mol. The fourth-order valence-electron chi connectivity index (χ4n) is 4.22. The molecule has 0 spiro atoms. The Hall–Kier alpha value is -3.68. The zero-order valence-corrected chi connectivity index (χ0v) is 18.6. The van der Waals surface area contributed by atoms with E-state index >= 15 is 0 Å². The lowest BCUT2D eigenvalue weighted by atomic mass is 10.1. The minimum absolute atomic E-state index is 0.0514. The van der Waals surface area contributed by atoms with Crippen LogP contribution in [0.1, 0.15) is 10.9 Å². The molecule has 0 bridgehead atoms. The van der Waals surface area contributed by atoms with E-state index in [9.17, 15) is 4.79 Å². The van der Waals surface area contributed by atoms with E-state index in [-0.39, 0.29) is 36.2 Å². The van der Waals surface area contributed by atoms with E-state index in [4.69, 9.17) is 14.2 Å². The largest absolute Gasteiger partial charge is 0.423 e. The minimum atomic E-state index is -0.299. The van der Waals surface area contributed by atoms with E-state index in [1.54, 1.807) is 39.2 Å². The lowest BCUT2D eigenvalue weighted by Gasteiger charge is -2.18. The Morgan fingerprint density at radius 3 is 2.85 bits per heavy atom. The number of carbonyl (C=O) groups is 1. The molecule has 1 amide bonds. The third kappa shape index (κ3) is 4.04. The number of amides is 1. The Bertz CT molecular complexity index is 1240. The van der Waals surface area contributed by atoms with Gasteiger partial charge in [-0.2, -0.15) is 9.78 Å². The van der Waals surface area contributed by atoms with E-state index in [2.05, 4.69) is 30.9 Å². The zero-order chi connectivity index (χ0) is 22.9.